The standard InChI is InChI=1S/C51H41N3/c1-50(2)46-20-9-7-18-42(46)43-28-29-51(3,33-47(43)50)54(41-17-11-13-36(31-41)38-14-12-30-52-34-38)40-25-22-35(23-26-40)37-24-27-49-45(32-37)44-19-8-10-21-48(44)53(49)39-15-5-4-6-16-39/h4-28,30-34H,29H2,1-3H3. The average Bonchev–Trinajstić information content (AvgIpc) is 3.66. The van der Waals surface area contributed by atoms with Gasteiger partial charge >= 0.3 is 0 Å². The molecule has 8 aromatic rings. The Balaban J connectivity index is 1.08. The normalized spacial score (nSPS) is 17.2. The number of nitrogens with zero attached hydrogens (tertiary/aromatic N) is 3. The first-order valence-electron chi connectivity index (χ1n) is 18.9. The van der Waals surface area contributed by atoms with Crippen LogP contribution in [0, 0.1) is 0 Å². The lowest BCUT2D eigenvalue weighted by Crippen LogP contribution is -2.43. The van der Waals surface area contributed by atoms with Crippen molar-refractivity contribution in [3.05, 3.63) is 199 Å². The SMILES string of the molecule is CC1(C)C2=CC(C)(N(c3ccc(-c4ccc5c(c4)c4ccccc4n5-c4ccccc4)cc3)c3cccc(-c4cccnc4)c3)CC=C2c2ccccc21. The van der Waals surface area contributed by atoms with Crippen LogP contribution in [0.5, 0.6) is 0 Å². The highest BCUT2D eigenvalue weighted by atomic mass is 15.2. The molecule has 0 bridgehead atoms. The average molecular weight is 696 g/mol. The molecule has 0 amide bonds. The maximum absolute atomic E-state index is 4.43. The van der Waals surface area contributed by atoms with Crippen molar-refractivity contribution in [1.29, 1.82) is 0 Å². The number of hydrogen-bond donors (Lipinski definition) is 0. The molecule has 2 aliphatic carbocycles. The van der Waals surface area contributed by atoms with Gasteiger partial charge in [-0.3, -0.25) is 4.98 Å². The third kappa shape index (κ3) is 5.07. The van der Waals surface area contributed by atoms with Crippen LogP contribution in [0.15, 0.2) is 188 Å². The highest BCUT2D eigenvalue weighted by molar-refractivity contribution is 6.10. The van der Waals surface area contributed by atoms with E-state index < -0.39 is 0 Å². The molecule has 2 aliphatic rings. The first-order valence-corrected chi connectivity index (χ1v) is 18.9. The number of allylic oxidation sites excluding steroid dienone is 2. The summed E-state index contributed by atoms with van der Waals surface area (Å²) in [6.07, 6.45) is 9.71. The highest BCUT2D eigenvalue weighted by Crippen LogP contribution is 2.54. The number of aromatic nitrogens is 2. The van der Waals surface area contributed by atoms with Gasteiger partial charge in [-0.2, -0.15) is 0 Å². The number of benzene rings is 6. The number of fused-ring (bicyclic) bond motifs is 6. The predicted molar refractivity (Wildman–Crippen MR) is 227 cm³/mol. The van der Waals surface area contributed by atoms with E-state index in [9.17, 15) is 0 Å². The van der Waals surface area contributed by atoms with Crippen molar-refractivity contribution in [2.75, 3.05) is 4.90 Å². The largest absolute Gasteiger partial charge is 0.332 e. The molecule has 0 N–H and O–H groups in total. The zero-order valence-electron chi connectivity index (χ0n) is 30.9. The van der Waals surface area contributed by atoms with Crippen LogP contribution in [0.25, 0.3) is 55.3 Å². The topological polar surface area (TPSA) is 21.1 Å². The second-order valence-electron chi connectivity index (χ2n) is 15.5. The van der Waals surface area contributed by atoms with Crippen LogP contribution in [0.4, 0.5) is 11.4 Å². The van der Waals surface area contributed by atoms with Crippen molar-refractivity contribution in [2.24, 2.45) is 0 Å². The van der Waals surface area contributed by atoms with E-state index in [2.05, 4.69) is 199 Å². The van der Waals surface area contributed by atoms with E-state index in [0.717, 1.165) is 28.9 Å². The lowest BCUT2D eigenvalue weighted by Gasteiger charge is -2.44. The molecule has 0 radical (unpaired) electrons. The summed E-state index contributed by atoms with van der Waals surface area (Å²) in [7, 11) is 0. The van der Waals surface area contributed by atoms with E-state index in [4.69, 9.17) is 0 Å². The molecular weight excluding hydrogens is 655 g/mol. The van der Waals surface area contributed by atoms with Gasteiger partial charge in [0.2, 0.25) is 0 Å². The Morgan fingerprint density at radius 3 is 2.13 bits per heavy atom. The maximum Gasteiger partial charge on any atom is 0.0646 e. The van der Waals surface area contributed by atoms with Crippen LogP contribution >= 0.6 is 0 Å². The Bertz CT molecular complexity index is 2770. The van der Waals surface area contributed by atoms with Crippen LogP contribution < -0.4 is 4.90 Å². The first-order chi connectivity index (χ1) is 26.4. The molecule has 6 aromatic carbocycles. The van der Waals surface area contributed by atoms with E-state index in [1.165, 1.54) is 60.9 Å². The van der Waals surface area contributed by atoms with Crippen molar-refractivity contribution < 1.29 is 0 Å². The summed E-state index contributed by atoms with van der Waals surface area (Å²) in [5.41, 5.74) is 15.8. The molecule has 0 saturated carbocycles. The lowest BCUT2D eigenvalue weighted by atomic mass is 9.76. The van der Waals surface area contributed by atoms with E-state index in [1.54, 1.807) is 0 Å². The summed E-state index contributed by atoms with van der Waals surface area (Å²) in [6, 6.07) is 57.5. The van der Waals surface area contributed by atoms with Gasteiger partial charge in [0.25, 0.3) is 0 Å². The highest BCUT2D eigenvalue weighted by Gasteiger charge is 2.43. The number of para-hydroxylation sites is 2. The quantitative estimate of drug-likeness (QED) is 0.173. The zero-order valence-corrected chi connectivity index (χ0v) is 30.9. The molecule has 3 nitrogen and oxygen atoms in total. The second-order valence-corrected chi connectivity index (χ2v) is 15.5. The summed E-state index contributed by atoms with van der Waals surface area (Å²) < 4.78 is 2.37. The third-order valence-electron chi connectivity index (χ3n) is 11.8. The third-order valence-corrected chi connectivity index (χ3v) is 11.8. The molecule has 0 saturated heterocycles. The minimum absolute atomic E-state index is 0.0839. The Kier molecular flexibility index (Phi) is 7.35. The van der Waals surface area contributed by atoms with Crippen molar-refractivity contribution >= 4 is 38.8 Å². The smallest absolute Gasteiger partial charge is 0.0646 e. The van der Waals surface area contributed by atoms with E-state index in [1.807, 2.05) is 18.5 Å². The van der Waals surface area contributed by atoms with Crippen LogP contribution in [0.1, 0.15) is 38.3 Å². The summed E-state index contributed by atoms with van der Waals surface area (Å²) in [5.74, 6) is 0. The van der Waals surface area contributed by atoms with Gasteiger partial charge in [-0.15, -0.1) is 0 Å². The minimum atomic E-state index is -0.314. The fourth-order valence-corrected chi connectivity index (χ4v) is 9.11. The molecule has 0 fully saturated rings. The molecule has 3 heteroatoms. The zero-order chi connectivity index (χ0) is 36.4. The summed E-state index contributed by atoms with van der Waals surface area (Å²) in [4.78, 5) is 6.98. The Labute approximate surface area is 317 Å². The van der Waals surface area contributed by atoms with Crippen molar-refractivity contribution in [1.82, 2.24) is 9.55 Å². The van der Waals surface area contributed by atoms with E-state index in [-0.39, 0.29) is 11.0 Å². The molecule has 54 heavy (non-hydrogen) atoms. The van der Waals surface area contributed by atoms with Crippen molar-refractivity contribution in [3.63, 3.8) is 0 Å². The Hall–Kier alpha value is -6.45. The lowest BCUT2D eigenvalue weighted by molar-refractivity contribution is 0.550. The van der Waals surface area contributed by atoms with Gasteiger partial charge in [0.05, 0.1) is 16.6 Å². The fraction of sp³-hybridized carbons (Fsp3) is 0.118. The van der Waals surface area contributed by atoms with Crippen molar-refractivity contribution in [2.45, 2.75) is 38.1 Å². The van der Waals surface area contributed by atoms with Crippen LogP contribution in [-0.2, 0) is 5.41 Å². The molecule has 260 valence electrons. The van der Waals surface area contributed by atoms with Crippen molar-refractivity contribution in [3.8, 4) is 27.9 Å². The van der Waals surface area contributed by atoms with Crippen LogP contribution in [-0.4, -0.2) is 15.1 Å². The van der Waals surface area contributed by atoms with Gasteiger partial charge in [0, 0.05) is 51.2 Å². The van der Waals surface area contributed by atoms with E-state index in [0.29, 0.717) is 0 Å². The summed E-state index contributed by atoms with van der Waals surface area (Å²) in [5, 5.41) is 2.52. The molecule has 0 aliphatic heterocycles. The molecule has 1 unspecified atom stereocenters. The molecule has 10 rings (SSSR count). The first kappa shape index (κ1) is 32.2. The molecule has 0 spiro atoms. The number of pyridine rings is 1. The number of hydrogen-bond acceptors (Lipinski definition) is 2. The summed E-state index contributed by atoms with van der Waals surface area (Å²) in [6.45, 7) is 7.15. The molecule has 1 atom stereocenters. The molecule has 2 aromatic heterocycles. The Morgan fingerprint density at radius 2 is 1.30 bits per heavy atom. The number of rotatable bonds is 6. The van der Waals surface area contributed by atoms with Gasteiger partial charge in [0.15, 0.2) is 0 Å². The van der Waals surface area contributed by atoms with Gasteiger partial charge < -0.3 is 9.47 Å². The monoisotopic (exact) mass is 695 g/mol. The van der Waals surface area contributed by atoms with E-state index >= 15 is 0 Å². The maximum atomic E-state index is 4.43. The Morgan fingerprint density at radius 1 is 0.574 bits per heavy atom. The van der Waals surface area contributed by atoms with Crippen LogP contribution in [0.2, 0.25) is 0 Å². The fourth-order valence-electron chi connectivity index (χ4n) is 9.11. The second kappa shape index (κ2) is 12.3. The van der Waals surface area contributed by atoms with Gasteiger partial charge in [-0.25, -0.2) is 0 Å². The number of anilines is 2. The van der Waals surface area contributed by atoms with Crippen LogP contribution in [0.3, 0.4) is 0 Å². The molecule has 2 heterocycles. The summed E-state index contributed by atoms with van der Waals surface area (Å²) >= 11 is 0. The van der Waals surface area contributed by atoms with Gasteiger partial charge in [0.1, 0.15) is 0 Å². The minimum Gasteiger partial charge on any atom is -0.332 e. The predicted octanol–water partition coefficient (Wildman–Crippen LogP) is 13.1. The van der Waals surface area contributed by atoms with Gasteiger partial charge in [-0.1, -0.05) is 123 Å². The van der Waals surface area contributed by atoms with Gasteiger partial charge in [-0.05, 0) is 113 Å². The molecular formula is C51H41N3.